The fourth-order valence-corrected chi connectivity index (χ4v) is 3.77. The molecule has 0 atom stereocenters. The van der Waals surface area contributed by atoms with E-state index in [0.29, 0.717) is 32.3 Å². The van der Waals surface area contributed by atoms with Crippen molar-refractivity contribution in [2.45, 2.75) is 6.92 Å². The van der Waals surface area contributed by atoms with Gasteiger partial charge in [-0.1, -0.05) is 22.9 Å². The summed E-state index contributed by atoms with van der Waals surface area (Å²) in [7, 11) is 1.58. The highest BCUT2D eigenvalue weighted by molar-refractivity contribution is 7.18. The highest BCUT2D eigenvalue weighted by Crippen LogP contribution is 2.38. The predicted molar refractivity (Wildman–Crippen MR) is 111 cm³/mol. The Kier molecular flexibility index (Phi) is 4.84. The number of H-pyrrole nitrogens is 1. The molecule has 2 aromatic heterocycles. The molecule has 0 saturated heterocycles. The van der Waals surface area contributed by atoms with E-state index in [9.17, 15) is 4.79 Å². The molecule has 3 N–H and O–H groups in total. The molecule has 8 nitrogen and oxygen atoms in total. The first-order valence-corrected chi connectivity index (χ1v) is 9.42. The Morgan fingerprint density at radius 2 is 2.11 bits per heavy atom. The summed E-state index contributed by atoms with van der Waals surface area (Å²) in [5, 5.41) is 23.8. The van der Waals surface area contributed by atoms with Crippen LogP contribution in [0.2, 0.25) is 5.02 Å². The number of halogens is 1. The van der Waals surface area contributed by atoms with Gasteiger partial charge in [-0.15, -0.1) is 10.2 Å². The molecule has 0 radical (unpaired) electrons. The van der Waals surface area contributed by atoms with Crippen LogP contribution in [-0.4, -0.2) is 33.4 Å². The van der Waals surface area contributed by atoms with Gasteiger partial charge >= 0.3 is 0 Å². The van der Waals surface area contributed by atoms with Gasteiger partial charge in [0, 0.05) is 18.0 Å². The average Bonchev–Trinajstić information content (AvgIpc) is 3.33. The number of rotatable bonds is 5. The minimum Gasteiger partial charge on any atom is -0.496 e. The van der Waals surface area contributed by atoms with Crippen molar-refractivity contribution in [1.29, 1.82) is 0 Å². The summed E-state index contributed by atoms with van der Waals surface area (Å²) in [6.45, 7) is 1.46. The molecule has 0 aliphatic carbocycles. The van der Waals surface area contributed by atoms with Crippen LogP contribution in [-0.2, 0) is 4.79 Å². The van der Waals surface area contributed by atoms with E-state index in [-0.39, 0.29) is 5.91 Å². The van der Waals surface area contributed by atoms with Crippen LogP contribution < -0.4 is 15.4 Å². The van der Waals surface area contributed by atoms with Crippen molar-refractivity contribution in [2.75, 3.05) is 17.7 Å². The quantitative estimate of drug-likeness (QED) is 0.445. The van der Waals surface area contributed by atoms with Crippen LogP contribution >= 0.6 is 22.9 Å². The van der Waals surface area contributed by atoms with Gasteiger partial charge in [0.25, 0.3) is 0 Å². The number of benzene rings is 2. The fraction of sp³-hybridized carbons (Fsp3) is 0.111. The second-order valence-corrected chi connectivity index (χ2v) is 7.25. The molecule has 0 aliphatic rings. The van der Waals surface area contributed by atoms with E-state index < -0.39 is 0 Å². The summed E-state index contributed by atoms with van der Waals surface area (Å²) < 4.78 is 5.42. The Morgan fingerprint density at radius 3 is 2.89 bits per heavy atom. The first-order valence-electron chi connectivity index (χ1n) is 8.23. The molecular weight excluding hydrogens is 400 g/mol. The summed E-state index contributed by atoms with van der Waals surface area (Å²) in [5.74, 6) is 0.481. The topological polar surface area (TPSA) is 105 Å². The van der Waals surface area contributed by atoms with Gasteiger partial charge in [0.05, 0.1) is 35.1 Å². The molecule has 4 aromatic rings. The number of aromatic amines is 1. The second kappa shape index (κ2) is 7.45. The largest absolute Gasteiger partial charge is 0.496 e. The van der Waals surface area contributed by atoms with E-state index in [2.05, 4.69) is 31.0 Å². The molecule has 0 aliphatic heterocycles. The summed E-state index contributed by atoms with van der Waals surface area (Å²) in [6, 6.07) is 9.08. The Labute approximate surface area is 168 Å². The summed E-state index contributed by atoms with van der Waals surface area (Å²) in [5.41, 5.74) is 2.95. The van der Waals surface area contributed by atoms with Crippen LogP contribution in [0.5, 0.6) is 5.75 Å². The first-order chi connectivity index (χ1) is 13.5. The van der Waals surface area contributed by atoms with Gasteiger partial charge < -0.3 is 15.4 Å². The van der Waals surface area contributed by atoms with E-state index in [1.165, 1.54) is 18.3 Å². The number of nitrogens with zero attached hydrogens (tertiary/aromatic N) is 3. The Bertz CT molecular complexity index is 1170. The summed E-state index contributed by atoms with van der Waals surface area (Å²) >= 11 is 7.79. The van der Waals surface area contributed by atoms with Gasteiger partial charge in [0.2, 0.25) is 11.0 Å². The van der Waals surface area contributed by atoms with Gasteiger partial charge in [-0.25, -0.2) is 0 Å². The van der Waals surface area contributed by atoms with Gasteiger partial charge in [-0.05, 0) is 30.3 Å². The Morgan fingerprint density at radius 1 is 1.25 bits per heavy atom. The number of fused-ring (bicyclic) bond motifs is 1. The Hall–Kier alpha value is -3.17. The van der Waals surface area contributed by atoms with Crippen molar-refractivity contribution >= 4 is 56.3 Å². The van der Waals surface area contributed by atoms with E-state index in [1.807, 2.05) is 12.1 Å². The second-order valence-electron chi connectivity index (χ2n) is 5.89. The number of hydrogen-bond donors (Lipinski definition) is 3. The molecule has 0 bridgehead atoms. The normalized spacial score (nSPS) is 10.8. The monoisotopic (exact) mass is 414 g/mol. The van der Waals surface area contributed by atoms with Crippen molar-refractivity contribution in [3.8, 4) is 16.3 Å². The van der Waals surface area contributed by atoms with E-state index >= 15 is 0 Å². The molecule has 2 aromatic carbocycles. The number of carbonyl (C=O) groups is 1. The van der Waals surface area contributed by atoms with E-state index in [1.54, 1.807) is 31.5 Å². The lowest BCUT2D eigenvalue weighted by Gasteiger charge is -2.09. The highest BCUT2D eigenvalue weighted by atomic mass is 35.5. The third-order valence-electron chi connectivity index (χ3n) is 3.98. The molecule has 0 saturated carbocycles. The van der Waals surface area contributed by atoms with Gasteiger partial charge in [0.15, 0.2) is 5.01 Å². The maximum Gasteiger partial charge on any atom is 0.221 e. The molecule has 10 heteroatoms. The number of nitrogens with one attached hydrogen (secondary N) is 3. The molecule has 28 heavy (non-hydrogen) atoms. The molecule has 4 rings (SSSR count). The molecule has 0 spiro atoms. The van der Waals surface area contributed by atoms with Crippen molar-refractivity contribution in [3.05, 3.63) is 41.6 Å². The Balaban J connectivity index is 1.65. The lowest BCUT2D eigenvalue weighted by Crippen LogP contribution is -2.05. The number of ether oxygens (including phenoxy) is 1. The first kappa shape index (κ1) is 18.2. The van der Waals surface area contributed by atoms with Crippen LogP contribution in [0.1, 0.15) is 6.92 Å². The highest BCUT2D eigenvalue weighted by Gasteiger charge is 2.15. The number of methoxy groups -OCH3 is 1. The van der Waals surface area contributed by atoms with Crippen molar-refractivity contribution in [2.24, 2.45) is 0 Å². The number of hydrogen-bond acceptors (Lipinski definition) is 7. The lowest BCUT2D eigenvalue weighted by molar-refractivity contribution is -0.114. The van der Waals surface area contributed by atoms with Crippen LogP contribution in [0.15, 0.2) is 36.5 Å². The fourth-order valence-electron chi connectivity index (χ4n) is 2.73. The zero-order valence-corrected chi connectivity index (χ0v) is 16.5. The number of anilines is 3. The smallest absolute Gasteiger partial charge is 0.221 e. The third kappa shape index (κ3) is 3.49. The number of carbonyl (C=O) groups excluding carboxylic acids is 1. The van der Waals surface area contributed by atoms with Gasteiger partial charge in [-0.3, -0.25) is 9.89 Å². The maximum absolute atomic E-state index is 11.3. The van der Waals surface area contributed by atoms with Crippen molar-refractivity contribution < 1.29 is 9.53 Å². The third-order valence-corrected chi connectivity index (χ3v) is 5.25. The maximum atomic E-state index is 11.3. The molecule has 0 fully saturated rings. The minimum atomic E-state index is -0.153. The SMILES string of the molecule is COc1ccc(NC(C)=O)cc1-c1nnc(Nc2ccc3[nH]ncc3c2Cl)s1. The van der Waals surface area contributed by atoms with Crippen LogP contribution in [0.25, 0.3) is 21.5 Å². The zero-order chi connectivity index (χ0) is 19.7. The van der Waals surface area contributed by atoms with Gasteiger partial charge in [-0.2, -0.15) is 5.10 Å². The standard InChI is InChI=1S/C18H15ClN6O2S/c1-9(26)21-10-3-6-15(27-2)11(7-10)17-24-25-18(28-17)22-14-5-4-13-12(16(14)19)8-20-23-13/h3-8H,1-2H3,(H,20,23)(H,21,26)(H,22,25). The number of amides is 1. The van der Waals surface area contributed by atoms with Crippen LogP contribution in [0, 0.1) is 0 Å². The summed E-state index contributed by atoms with van der Waals surface area (Å²) in [4.78, 5) is 11.3. The van der Waals surface area contributed by atoms with Crippen LogP contribution in [0.4, 0.5) is 16.5 Å². The van der Waals surface area contributed by atoms with Crippen molar-refractivity contribution in [1.82, 2.24) is 20.4 Å². The molecule has 1 amide bonds. The van der Waals surface area contributed by atoms with E-state index in [4.69, 9.17) is 16.3 Å². The minimum absolute atomic E-state index is 0.153. The predicted octanol–water partition coefficient (Wildman–Crippen LogP) is 4.45. The van der Waals surface area contributed by atoms with Crippen molar-refractivity contribution in [3.63, 3.8) is 0 Å². The number of aromatic nitrogens is 4. The molecule has 2 heterocycles. The summed E-state index contributed by atoms with van der Waals surface area (Å²) in [6.07, 6.45) is 1.67. The van der Waals surface area contributed by atoms with Crippen LogP contribution in [0.3, 0.4) is 0 Å². The molecule has 0 unspecified atom stereocenters. The molecular formula is C18H15ClN6O2S. The molecule has 142 valence electrons. The van der Waals surface area contributed by atoms with Gasteiger partial charge in [0.1, 0.15) is 5.75 Å². The van der Waals surface area contributed by atoms with E-state index in [0.717, 1.165) is 16.5 Å². The average molecular weight is 415 g/mol. The zero-order valence-electron chi connectivity index (χ0n) is 14.9. The lowest BCUT2D eigenvalue weighted by atomic mass is 10.2.